The van der Waals surface area contributed by atoms with E-state index in [4.69, 9.17) is 16.2 Å². The number of hydrogen-bond donors (Lipinski definition) is 3. The molecule has 0 aliphatic rings. The Balaban J connectivity index is 4.72. The Kier molecular flexibility index (Phi) is 5.55. The summed E-state index contributed by atoms with van der Waals surface area (Å²) in [6.07, 6.45) is 5.29. The molecule has 0 aliphatic carbocycles. The molecule has 0 saturated carbocycles. The molecule has 72 valence electrons. The van der Waals surface area contributed by atoms with Crippen LogP contribution in [-0.2, 0) is 0 Å². The Labute approximate surface area is 78.8 Å². The van der Waals surface area contributed by atoms with Crippen LogP contribution in [0.1, 0.15) is 13.3 Å². The van der Waals surface area contributed by atoms with Gasteiger partial charge in [-0.05, 0) is 6.92 Å². The zero-order valence-electron chi connectivity index (χ0n) is 7.88. The van der Waals surface area contributed by atoms with Crippen molar-refractivity contribution in [1.29, 1.82) is 5.41 Å². The van der Waals surface area contributed by atoms with Crippen molar-refractivity contribution in [1.82, 2.24) is 0 Å². The van der Waals surface area contributed by atoms with E-state index >= 15 is 0 Å². The maximum Gasteiger partial charge on any atom is 0.0486 e. The third kappa shape index (κ3) is 3.71. The van der Waals surface area contributed by atoms with Crippen molar-refractivity contribution in [2.75, 3.05) is 6.61 Å². The minimum atomic E-state index is -0.0374. The van der Waals surface area contributed by atoms with E-state index in [1.54, 1.807) is 25.2 Å². The van der Waals surface area contributed by atoms with Gasteiger partial charge in [-0.15, -0.1) is 0 Å². The summed E-state index contributed by atoms with van der Waals surface area (Å²) in [5.41, 5.74) is 7.16. The highest BCUT2D eigenvalue weighted by atomic mass is 16.3. The summed E-state index contributed by atoms with van der Waals surface area (Å²) < 4.78 is 0. The van der Waals surface area contributed by atoms with E-state index in [1.807, 2.05) is 0 Å². The molecule has 0 heterocycles. The van der Waals surface area contributed by atoms with E-state index in [2.05, 4.69) is 6.58 Å². The van der Waals surface area contributed by atoms with E-state index in [0.717, 1.165) is 0 Å². The summed E-state index contributed by atoms with van der Waals surface area (Å²) in [4.78, 5) is 0. The van der Waals surface area contributed by atoms with Gasteiger partial charge in [-0.1, -0.05) is 24.8 Å². The number of nitrogens with two attached hydrogens (primary N) is 1. The predicted molar refractivity (Wildman–Crippen MR) is 55.7 cm³/mol. The summed E-state index contributed by atoms with van der Waals surface area (Å²) >= 11 is 0. The highest BCUT2D eigenvalue weighted by molar-refractivity contribution is 6.01. The fourth-order valence-electron chi connectivity index (χ4n) is 0.891. The quantitative estimate of drug-likeness (QED) is 0.441. The Morgan fingerprint density at radius 3 is 2.62 bits per heavy atom. The van der Waals surface area contributed by atoms with Crippen LogP contribution in [0.2, 0.25) is 0 Å². The zero-order valence-corrected chi connectivity index (χ0v) is 7.88. The normalized spacial score (nSPS) is 12.8. The van der Waals surface area contributed by atoms with Crippen LogP contribution in [0, 0.1) is 5.41 Å². The first-order valence-corrected chi connectivity index (χ1v) is 4.10. The highest BCUT2D eigenvalue weighted by Gasteiger charge is 2.05. The summed E-state index contributed by atoms with van der Waals surface area (Å²) in [7, 11) is 0. The molecule has 3 heteroatoms. The lowest BCUT2D eigenvalue weighted by atomic mass is 10.0. The Morgan fingerprint density at radius 1 is 1.62 bits per heavy atom. The van der Waals surface area contributed by atoms with Crippen LogP contribution in [0.3, 0.4) is 0 Å². The third-order valence-electron chi connectivity index (χ3n) is 1.59. The largest absolute Gasteiger partial charge is 0.398 e. The van der Waals surface area contributed by atoms with Gasteiger partial charge in [0.25, 0.3) is 0 Å². The van der Waals surface area contributed by atoms with Crippen molar-refractivity contribution in [2.24, 2.45) is 5.73 Å². The van der Waals surface area contributed by atoms with E-state index in [-0.39, 0.29) is 6.61 Å². The maximum atomic E-state index is 8.65. The molecular weight excluding hydrogens is 164 g/mol. The number of aliphatic hydroxyl groups is 1. The first-order chi connectivity index (χ1) is 6.17. The number of hydrogen-bond acceptors (Lipinski definition) is 3. The van der Waals surface area contributed by atoms with Gasteiger partial charge in [0.1, 0.15) is 0 Å². The molecule has 3 nitrogen and oxygen atoms in total. The van der Waals surface area contributed by atoms with E-state index < -0.39 is 0 Å². The molecule has 0 amide bonds. The second-order valence-corrected chi connectivity index (χ2v) is 2.51. The molecule has 0 atom stereocenters. The number of nitrogens with one attached hydrogen (secondary N) is 1. The van der Waals surface area contributed by atoms with Gasteiger partial charge in [-0.25, -0.2) is 0 Å². The lowest BCUT2D eigenvalue weighted by Crippen LogP contribution is -2.11. The molecule has 0 fully saturated rings. The summed E-state index contributed by atoms with van der Waals surface area (Å²) in [6, 6.07) is 0. The van der Waals surface area contributed by atoms with Crippen LogP contribution in [-0.4, -0.2) is 17.4 Å². The second-order valence-electron chi connectivity index (χ2n) is 2.51. The molecular formula is C10H16N2O. The van der Waals surface area contributed by atoms with Gasteiger partial charge < -0.3 is 16.2 Å². The fraction of sp³-hybridized carbons (Fsp3) is 0.300. The van der Waals surface area contributed by atoms with Crippen molar-refractivity contribution in [3.63, 3.8) is 0 Å². The molecule has 0 unspecified atom stereocenters. The summed E-state index contributed by atoms with van der Waals surface area (Å²) in [5.74, 6) is 0. The van der Waals surface area contributed by atoms with Gasteiger partial charge in [0.15, 0.2) is 0 Å². The summed E-state index contributed by atoms with van der Waals surface area (Å²) in [6.45, 7) is 5.31. The molecule has 4 N–H and O–H groups in total. The molecule has 0 rings (SSSR count). The molecule has 0 saturated heterocycles. The van der Waals surface area contributed by atoms with Crippen molar-refractivity contribution in [3.05, 3.63) is 36.1 Å². The van der Waals surface area contributed by atoms with Crippen molar-refractivity contribution < 1.29 is 5.11 Å². The molecule has 0 aromatic heterocycles. The maximum absolute atomic E-state index is 8.65. The van der Waals surface area contributed by atoms with Crippen molar-refractivity contribution in [3.8, 4) is 0 Å². The Bertz CT molecular complexity index is 252. The van der Waals surface area contributed by atoms with Gasteiger partial charge in [-0.3, -0.25) is 0 Å². The molecule has 0 spiro atoms. The number of aliphatic hydroxyl groups excluding tert-OH is 1. The second kappa shape index (κ2) is 6.20. The smallest absolute Gasteiger partial charge is 0.0486 e. The lowest BCUT2D eigenvalue weighted by molar-refractivity contribution is 0.307. The molecule has 0 aliphatic heterocycles. The number of allylic oxidation sites excluding steroid dienone is 4. The van der Waals surface area contributed by atoms with Crippen LogP contribution in [0.25, 0.3) is 0 Å². The van der Waals surface area contributed by atoms with Crippen LogP contribution in [0.15, 0.2) is 36.1 Å². The Hall–Kier alpha value is -1.35. The third-order valence-corrected chi connectivity index (χ3v) is 1.59. The molecule has 0 radical (unpaired) electrons. The highest BCUT2D eigenvalue weighted by Crippen LogP contribution is 2.08. The van der Waals surface area contributed by atoms with Gasteiger partial charge in [-0.2, -0.15) is 0 Å². The van der Waals surface area contributed by atoms with Gasteiger partial charge >= 0.3 is 0 Å². The molecule has 0 aromatic carbocycles. The van der Waals surface area contributed by atoms with Crippen LogP contribution >= 0.6 is 0 Å². The van der Waals surface area contributed by atoms with E-state index in [9.17, 15) is 0 Å². The van der Waals surface area contributed by atoms with E-state index in [0.29, 0.717) is 23.4 Å². The standard InChI is InChI=1S/C10H16N2O/c1-3-5-8(9(11)4-2)10(12)6-7-13/h3-5,12-13H,1,6-7,11H2,2H3/b8-5+,9-4+,12-10?. The van der Waals surface area contributed by atoms with Crippen LogP contribution < -0.4 is 5.73 Å². The molecule has 0 aromatic rings. The molecule has 0 bridgehead atoms. The first kappa shape index (κ1) is 11.6. The molecule has 13 heavy (non-hydrogen) atoms. The van der Waals surface area contributed by atoms with Crippen molar-refractivity contribution >= 4 is 5.71 Å². The summed E-state index contributed by atoms with van der Waals surface area (Å²) in [5, 5.41) is 16.2. The van der Waals surface area contributed by atoms with Gasteiger partial charge in [0.2, 0.25) is 0 Å². The van der Waals surface area contributed by atoms with Gasteiger partial charge in [0, 0.05) is 30.0 Å². The van der Waals surface area contributed by atoms with Crippen LogP contribution in [0.4, 0.5) is 0 Å². The average Bonchev–Trinajstić information content (AvgIpc) is 2.13. The predicted octanol–water partition coefficient (Wildman–Crippen LogP) is 1.36. The van der Waals surface area contributed by atoms with Crippen molar-refractivity contribution in [2.45, 2.75) is 13.3 Å². The number of rotatable bonds is 5. The van der Waals surface area contributed by atoms with E-state index in [1.165, 1.54) is 0 Å². The monoisotopic (exact) mass is 180 g/mol. The topological polar surface area (TPSA) is 70.1 Å². The van der Waals surface area contributed by atoms with Gasteiger partial charge in [0.05, 0.1) is 0 Å². The minimum Gasteiger partial charge on any atom is -0.398 e. The fourth-order valence-corrected chi connectivity index (χ4v) is 0.891. The lowest BCUT2D eigenvalue weighted by Gasteiger charge is -2.07. The minimum absolute atomic E-state index is 0.0374. The average molecular weight is 180 g/mol. The SMILES string of the molecule is C=C/C=C(C(=N)CCO)\C(N)=C/C. The first-order valence-electron chi connectivity index (χ1n) is 4.10. The zero-order chi connectivity index (χ0) is 10.3. The van der Waals surface area contributed by atoms with Crippen LogP contribution in [0.5, 0.6) is 0 Å². The Morgan fingerprint density at radius 2 is 2.23 bits per heavy atom.